The molecule has 118 valence electrons. The van der Waals surface area contributed by atoms with Crippen molar-refractivity contribution < 1.29 is 4.39 Å². The Morgan fingerprint density at radius 3 is 2.70 bits per heavy atom. The third-order valence-electron chi connectivity index (χ3n) is 4.27. The van der Waals surface area contributed by atoms with Crippen molar-refractivity contribution in [2.45, 2.75) is 19.4 Å². The summed E-state index contributed by atoms with van der Waals surface area (Å²) in [5.74, 6) is 0.0439. The molecule has 5 heteroatoms. The lowest BCUT2D eigenvalue weighted by atomic mass is 9.99. The van der Waals surface area contributed by atoms with Crippen molar-refractivity contribution in [1.82, 2.24) is 9.88 Å². The van der Waals surface area contributed by atoms with E-state index in [4.69, 9.17) is 5.26 Å². The van der Waals surface area contributed by atoms with Crippen LogP contribution in [0.25, 0.3) is 11.3 Å². The molecule has 0 aliphatic carbocycles. The normalized spacial score (nSPS) is 17.7. The van der Waals surface area contributed by atoms with Gasteiger partial charge in [0.05, 0.1) is 5.69 Å². The van der Waals surface area contributed by atoms with Crippen LogP contribution >= 0.6 is 0 Å². The molecule has 0 bridgehead atoms. The smallest absolute Gasteiger partial charge is 0.268 e. The van der Waals surface area contributed by atoms with Gasteiger partial charge in [-0.3, -0.25) is 4.79 Å². The minimum absolute atomic E-state index is 0.139. The molecular weight excluding hydrogens is 293 g/mol. The van der Waals surface area contributed by atoms with Gasteiger partial charge in [-0.2, -0.15) is 5.26 Å². The minimum atomic E-state index is -0.312. The Morgan fingerprint density at radius 2 is 2.04 bits per heavy atom. The summed E-state index contributed by atoms with van der Waals surface area (Å²) in [6.07, 6.45) is 2.14. The number of pyridine rings is 1. The van der Waals surface area contributed by atoms with E-state index in [0.29, 0.717) is 12.5 Å². The summed E-state index contributed by atoms with van der Waals surface area (Å²) in [4.78, 5) is 12.6. The van der Waals surface area contributed by atoms with E-state index in [-0.39, 0.29) is 16.9 Å². The quantitative estimate of drug-likeness (QED) is 0.947. The van der Waals surface area contributed by atoms with Crippen LogP contribution in [-0.2, 0) is 6.54 Å². The fraction of sp³-hybridized carbons (Fsp3) is 0.333. The number of rotatable bonds is 3. The molecule has 3 rings (SSSR count). The van der Waals surface area contributed by atoms with Gasteiger partial charge in [0, 0.05) is 6.54 Å². The van der Waals surface area contributed by atoms with Crippen LogP contribution in [0.15, 0.2) is 41.2 Å². The first-order valence-electron chi connectivity index (χ1n) is 7.79. The van der Waals surface area contributed by atoms with Crippen LogP contribution in [0.1, 0.15) is 18.4 Å². The second-order valence-corrected chi connectivity index (χ2v) is 5.88. The molecule has 23 heavy (non-hydrogen) atoms. The fourth-order valence-corrected chi connectivity index (χ4v) is 3.06. The third kappa shape index (κ3) is 3.33. The van der Waals surface area contributed by atoms with Crippen molar-refractivity contribution in [2.24, 2.45) is 5.92 Å². The van der Waals surface area contributed by atoms with Crippen molar-refractivity contribution in [3.8, 4) is 17.3 Å². The number of nitrogens with zero attached hydrogens (tertiary/aromatic N) is 2. The highest BCUT2D eigenvalue weighted by Gasteiger charge is 2.18. The first kappa shape index (κ1) is 15.4. The van der Waals surface area contributed by atoms with E-state index in [1.165, 1.54) is 18.2 Å². The zero-order valence-electron chi connectivity index (χ0n) is 12.8. The molecule has 0 amide bonds. The molecule has 2 aromatic rings. The second kappa shape index (κ2) is 6.76. The molecule has 1 aliphatic rings. The van der Waals surface area contributed by atoms with Gasteiger partial charge >= 0.3 is 0 Å². The fourth-order valence-electron chi connectivity index (χ4n) is 3.06. The number of nitriles is 1. The average Bonchev–Trinajstić information content (AvgIpc) is 2.58. The Labute approximate surface area is 134 Å². The highest BCUT2D eigenvalue weighted by molar-refractivity contribution is 5.60. The van der Waals surface area contributed by atoms with E-state index < -0.39 is 0 Å². The van der Waals surface area contributed by atoms with E-state index in [0.717, 1.165) is 37.2 Å². The lowest BCUT2D eigenvalue weighted by Crippen LogP contribution is -2.35. The number of piperidine rings is 1. The van der Waals surface area contributed by atoms with Crippen molar-refractivity contribution in [3.05, 3.63) is 58.1 Å². The van der Waals surface area contributed by atoms with E-state index in [2.05, 4.69) is 5.32 Å². The molecule has 1 aliphatic heterocycles. The Kier molecular flexibility index (Phi) is 4.54. The van der Waals surface area contributed by atoms with Gasteiger partial charge in [0.2, 0.25) is 0 Å². The van der Waals surface area contributed by atoms with Crippen LogP contribution in [0.3, 0.4) is 0 Å². The van der Waals surface area contributed by atoms with Crippen molar-refractivity contribution >= 4 is 0 Å². The van der Waals surface area contributed by atoms with Crippen molar-refractivity contribution in [1.29, 1.82) is 5.26 Å². The highest BCUT2D eigenvalue weighted by Crippen LogP contribution is 2.21. The monoisotopic (exact) mass is 311 g/mol. The SMILES string of the molecule is N#Cc1ccc(-c2ccc(F)cc2)n(CC2CCCNC2)c1=O. The first-order chi connectivity index (χ1) is 11.2. The van der Waals surface area contributed by atoms with E-state index in [1.807, 2.05) is 6.07 Å². The third-order valence-corrected chi connectivity index (χ3v) is 4.27. The van der Waals surface area contributed by atoms with E-state index >= 15 is 0 Å². The molecule has 1 N–H and O–H groups in total. The number of nitrogens with one attached hydrogen (secondary N) is 1. The predicted octanol–water partition coefficient (Wildman–Crippen LogP) is 2.53. The average molecular weight is 311 g/mol. The van der Waals surface area contributed by atoms with Crippen LogP contribution in [0.5, 0.6) is 0 Å². The number of aromatic nitrogens is 1. The summed E-state index contributed by atoms with van der Waals surface area (Å²) in [5.41, 5.74) is 1.36. The topological polar surface area (TPSA) is 57.8 Å². The molecule has 0 radical (unpaired) electrons. The van der Waals surface area contributed by atoms with Gasteiger partial charge in [-0.1, -0.05) is 0 Å². The lowest BCUT2D eigenvalue weighted by molar-refractivity contribution is 0.335. The van der Waals surface area contributed by atoms with Gasteiger partial charge in [0.25, 0.3) is 5.56 Å². The number of benzene rings is 1. The predicted molar refractivity (Wildman–Crippen MR) is 86.4 cm³/mol. The van der Waals surface area contributed by atoms with Crippen LogP contribution in [0.4, 0.5) is 4.39 Å². The maximum Gasteiger partial charge on any atom is 0.268 e. The van der Waals surface area contributed by atoms with E-state index in [9.17, 15) is 9.18 Å². The molecule has 1 atom stereocenters. The molecule has 1 fully saturated rings. The maximum atomic E-state index is 13.2. The van der Waals surface area contributed by atoms with Crippen LogP contribution in [0, 0.1) is 23.1 Å². The van der Waals surface area contributed by atoms with E-state index in [1.54, 1.807) is 22.8 Å². The zero-order valence-corrected chi connectivity index (χ0v) is 12.8. The molecule has 0 spiro atoms. The molecule has 0 saturated carbocycles. The number of halogens is 1. The van der Waals surface area contributed by atoms with Gasteiger partial charge in [0.15, 0.2) is 0 Å². The molecule has 1 aromatic carbocycles. The van der Waals surface area contributed by atoms with Crippen molar-refractivity contribution in [2.75, 3.05) is 13.1 Å². The summed E-state index contributed by atoms with van der Waals surface area (Å²) in [7, 11) is 0. The molecule has 1 aromatic heterocycles. The van der Waals surface area contributed by atoms with Crippen LogP contribution in [0.2, 0.25) is 0 Å². The molecule has 1 unspecified atom stereocenters. The Balaban J connectivity index is 2.04. The Bertz CT molecular complexity index is 783. The Morgan fingerprint density at radius 1 is 1.26 bits per heavy atom. The Hall–Kier alpha value is -2.45. The number of hydrogen-bond acceptors (Lipinski definition) is 3. The lowest BCUT2D eigenvalue weighted by Gasteiger charge is -2.25. The zero-order chi connectivity index (χ0) is 16.2. The van der Waals surface area contributed by atoms with Gasteiger partial charge in [0.1, 0.15) is 17.4 Å². The summed E-state index contributed by atoms with van der Waals surface area (Å²) >= 11 is 0. The maximum absolute atomic E-state index is 13.2. The van der Waals surface area contributed by atoms with Gasteiger partial charge in [-0.15, -0.1) is 0 Å². The first-order valence-corrected chi connectivity index (χ1v) is 7.79. The largest absolute Gasteiger partial charge is 0.316 e. The molecule has 1 saturated heterocycles. The van der Waals surface area contributed by atoms with Crippen LogP contribution < -0.4 is 10.9 Å². The second-order valence-electron chi connectivity index (χ2n) is 5.88. The summed E-state index contributed by atoms with van der Waals surface area (Å²) in [6, 6.07) is 11.3. The van der Waals surface area contributed by atoms with Gasteiger partial charge in [-0.05, 0) is 73.8 Å². The van der Waals surface area contributed by atoms with Crippen LogP contribution in [-0.4, -0.2) is 17.7 Å². The molecule has 2 heterocycles. The minimum Gasteiger partial charge on any atom is -0.316 e. The molecular formula is C18H18FN3O. The van der Waals surface area contributed by atoms with Gasteiger partial charge < -0.3 is 9.88 Å². The standard InChI is InChI=1S/C18H18FN3O/c19-16-6-3-14(4-7-16)17-8-5-15(10-20)18(23)22(17)12-13-2-1-9-21-11-13/h3-8,13,21H,1-2,9,11-12H2. The summed E-state index contributed by atoms with van der Waals surface area (Å²) in [5, 5.41) is 12.5. The van der Waals surface area contributed by atoms with Crippen molar-refractivity contribution in [3.63, 3.8) is 0 Å². The summed E-state index contributed by atoms with van der Waals surface area (Å²) in [6.45, 7) is 2.44. The number of hydrogen-bond donors (Lipinski definition) is 1. The molecule has 4 nitrogen and oxygen atoms in total. The summed E-state index contributed by atoms with van der Waals surface area (Å²) < 4.78 is 14.8. The highest BCUT2D eigenvalue weighted by atomic mass is 19.1. The van der Waals surface area contributed by atoms with Gasteiger partial charge in [-0.25, -0.2) is 4.39 Å².